The van der Waals surface area contributed by atoms with Crippen LogP contribution in [-0.2, 0) is 17.9 Å². The molecule has 2 aliphatic rings. The normalized spacial score (nSPS) is 17.6. The molecule has 1 saturated carbocycles. The molecule has 0 saturated heterocycles. The highest BCUT2D eigenvalue weighted by Crippen LogP contribution is 2.46. The number of rotatable bonds is 5. The van der Waals surface area contributed by atoms with Crippen molar-refractivity contribution in [2.75, 3.05) is 0 Å². The van der Waals surface area contributed by atoms with Gasteiger partial charge in [0.05, 0.1) is 11.2 Å². The van der Waals surface area contributed by atoms with Crippen molar-refractivity contribution < 1.29 is 9.53 Å². The molecule has 5 rings (SSSR count). The van der Waals surface area contributed by atoms with Crippen LogP contribution in [0.25, 0.3) is 5.70 Å². The summed E-state index contributed by atoms with van der Waals surface area (Å²) < 4.78 is 5.89. The van der Waals surface area contributed by atoms with E-state index in [0.717, 1.165) is 42.5 Å². The van der Waals surface area contributed by atoms with Gasteiger partial charge in [-0.2, -0.15) is 5.01 Å². The second kappa shape index (κ2) is 9.86. The van der Waals surface area contributed by atoms with Crippen molar-refractivity contribution in [3.63, 3.8) is 0 Å². The van der Waals surface area contributed by atoms with E-state index in [4.69, 9.17) is 4.74 Å². The lowest BCUT2D eigenvalue weighted by Gasteiger charge is -2.43. The smallest absolute Gasteiger partial charge is 0.429 e. The Balaban J connectivity index is 1.52. The lowest BCUT2D eigenvalue weighted by atomic mass is 9.81. The molecule has 34 heavy (non-hydrogen) atoms. The minimum absolute atomic E-state index is 0.180. The van der Waals surface area contributed by atoms with Crippen molar-refractivity contribution in [2.45, 2.75) is 57.7 Å². The van der Waals surface area contributed by atoms with Gasteiger partial charge in [0.25, 0.3) is 0 Å². The van der Waals surface area contributed by atoms with Gasteiger partial charge < -0.3 is 4.74 Å². The summed E-state index contributed by atoms with van der Waals surface area (Å²) in [7, 11) is 0. The molecule has 4 heteroatoms. The topological polar surface area (TPSA) is 32.8 Å². The second-order valence-corrected chi connectivity index (χ2v) is 9.46. The summed E-state index contributed by atoms with van der Waals surface area (Å²) in [5.74, 6) is 0. The Bertz CT molecular complexity index is 1130. The molecule has 0 bridgehead atoms. The standard InChI is InChI=1S/C30H32N2O2/c1-24-15-17-27(18-16-24)28-21-30(19-9-4-10-20-30)31(22-25-11-5-2-6-12-25)32(28)29(33)34-23-26-13-7-3-8-14-26/h2-3,5-8,11-18,21H,4,9-10,19-20,22-23H2,1H3. The molecule has 0 unspecified atom stereocenters. The van der Waals surface area contributed by atoms with E-state index >= 15 is 0 Å². The predicted molar refractivity (Wildman–Crippen MR) is 135 cm³/mol. The molecule has 1 heterocycles. The van der Waals surface area contributed by atoms with E-state index in [1.54, 1.807) is 0 Å². The fourth-order valence-electron chi connectivity index (χ4n) is 5.18. The van der Waals surface area contributed by atoms with Gasteiger partial charge in [0.1, 0.15) is 6.61 Å². The van der Waals surface area contributed by atoms with Crippen molar-refractivity contribution in [2.24, 2.45) is 0 Å². The summed E-state index contributed by atoms with van der Waals surface area (Å²) in [5, 5.41) is 4.08. The zero-order valence-electron chi connectivity index (χ0n) is 19.8. The van der Waals surface area contributed by atoms with Gasteiger partial charge in [0, 0.05) is 6.54 Å². The number of hydrazine groups is 1. The SMILES string of the molecule is Cc1ccc(C2=CC3(CCCCC3)N(Cc3ccccc3)N2C(=O)OCc2ccccc2)cc1. The van der Waals surface area contributed by atoms with E-state index in [1.807, 2.05) is 41.4 Å². The Morgan fingerprint density at radius 2 is 1.44 bits per heavy atom. The summed E-state index contributed by atoms with van der Waals surface area (Å²) in [6, 6.07) is 28.7. The van der Waals surface area contributed by atoms with Gasteiger partial charge in [-0.05, 0) is 42.5 Å². The van der Waals surface area contributed by atoms with E-state index in [2.05, 4.69) is 66.5 Å². The first-order valence-corrected chi connectivity index (χ1v) is 12.3. The maximum absolute atomic E-state index is 13.7. The average molecular weight is 453 g/mol. The van der Waals surface area contributed by atoms with Gasteiger partial charge in [-0.3, -0.25) is 0 Å². The van der Waals surface area contributed by atoms with E-state index in [0.29, 0.717) is 6.54 Å². The van der Waals surface area contributed by atoms with Crippen molar-refractivity contribution in [1.82, 2.24) is 10.0 Å². The van der Waals surface area contributed by atoms with Crippen molar-refractivity contribution in [1.29, 1.82) is 0 Å². The number of carbonyl (C=O) groups excluding carboxylic acids is 1. The van der Waals surface area contributed by atoms with Crippen LogP contribution in [0.3, 0.4) is 0 Å². The Labute approximate surface area is 202 Å². The zero-order valence-corrected chi connectivity index (χ0v) is 19.8. The number of aryl methyl sites for hydroxylation is 1. The third kappa shape index (κ3) is 4.64. The largest absolute Gasteiger partial charge is 0.443 e. The highest BCUT2D eigenvalue weighted by Gasteiger charge is 2.48. The highest BCUT2D eigenvalue weighted by atomic mass is 16.6. The van der Waals surface area contributed by atoms with Gasteiger partial charge >= 0.3 is 6.09 Å². The quantitative estimate of drug-likeness (QED) is 0.414. The molecule has 174 valence electrons. The van der Waals surface area contributed by atoms with Crippen LogP contribution in [0.1, 0.15) is 54.4 Å². The zero-order chi connectivity index (χ0) is 23.4. The predicted octanol–water partition coefficient (Wildman–Crippen LogP) is 7.11. The molecular formula is C30H32N2O2. The maximum atomic E-state index is 13.7. The first-order valence-electron chi connectivity index (χ1n) is 12.3. The molecule has 1 aliphatic heterocycles. The van der Waals surface area contributed by atoms with E-state index in [-0.39, 0.29) is 18.2 Å². The Morgan fingerprint density at radius 3 is 2.09 bits per heavy atom. The van der Waals surface area contributed by atoms with E-state index < -0.39 is 0 Å². The van der Waals surface area contributed by atoms with Crippen LogP contribution in [0.5, 0.6) is 0 Å². The number of ether oxygens (including phenoxy) is 1. The van der Waals surface area contributed by atoms with Crippen molar-refractivity contribution in [3.05, 3.63) is 113 Å². The summed E-state index contributed by atoms with van der Waals surface area (Å²) in [4.78, 5) is 13.7. The molecule has 0 atom stereocenters. The third-order valence-electron chi connectivity index (χ3n) is 7.01. The highest BCUT2D eigenvalue weighted by molar-refractivity contribution is 5.84. The Hall–Kier alpha value is -3.37. The van der Waals surface area contributed by atoms with E-state index in [1.165, 1.54) is 17.5 Å². The van der Waals surface area contributed by atoms with Gasteiger partial charge in [-0.15, -0.1) is 0 Å². The summed E-state index contributed by atoms with van der Waals surface area (Å²) in [5.41, 5.74) is 5.16. The number of carbonyl (C=O) groups is 1. The van der Waals surface area contributed by atoms with Crippen LogP contribution in [0.15, 0.2) is 91.0 Å². The number of hydrogen-bond donors (Lipinski definition) is 0. The van der Waals surface area contributed by atoms with Crippen LogP contribution in [0.4, 0.5) is 4.79 Å². The number of hydrogen-bond acceptors (Lipinski definition) is 3. The van der Waals surface area contributed by atoms with Crippen LogP contribution >= 0.6 is 0 Å². The molecular weight excluding hydrogens is 420 g/mol. The summed E-state index contributed by atoms with van der Waals surface area (Å²) >= 11 is 0. The number of benzene rings is 3. The number of nitrogens with zero attached hydrogens (tertiary/aromatic N) is 2. The minimum atomic E-state index is -0.325. The van der Waals surface area contributed by atoms with Crippen LogP contribution in [0, 0.1) is 6.92 Å². The fraction of sp³-hybridized carbons (Fsp3) is 0.300. The van der Waals surface area contributed by atoms with Gasteiger partial charge in [0.2, 0.25) is 0 Å². The average Bonchev–Trinajstić information content (AvgIpc) is 3.17. The third-order valence-corrected chi connectivity index (χ3v) is 7.01. The molecule has 3 aromatic carbocycles. The maximum Gasteiger partial charge on any atom is 0.429 e. The fourth-order valence-corrected chi connectivity index (χ4v) is 5.18. The Morgan fingerprint density at radius 1 is 0.824 bits per heavy atom. The van der Waals surface area contributed by atoms with Gasteiger partial charge in [-0.1, -0.05) is 110 Å². The van der Waals surface area contributed by atoms with Crippen molar-refractivity contribution >= 4 is 11.8 Å². The lowest BCUT2D eigenvalue weighted by molar-refractivity contribution is -0.0480. The molecule has 0 radical (unpaired) electrons. The summed E-state index contributed by atoms with van der Waals surface area (Å²) in [6.07, 6.45) is 7.66. The van der Waals surface area contributed by atoms with Crippen LogP contribution < -0.4 is 0 Å². The lowest BCUT2D eigenvalue weighted by Crippen LogP contribution is -2.53. The van der Waals surface area contributed by atoms with Crippen molar-refractivity contribution in [3.8, 4) is 0 Å². The second-order valence-electron chi connectivity index (χ2n) is 9.46. The molecule has 1 aliphatic carbocycles. The molecule has 1 amide bonds. The first kappa shape index (κ1) is 22.4. The van der Waals surface area contributed by atoms with Crippen LogP contribution in [-0.4, -0.2) is 21.6 Å². The molecule has 0 aromatic heterocycles. The van der Waals surface area contributed by atoms with Crippen LogP contribution in [0.2, 0.25) is 0 Å². The molecule has 3 aromatic rings. The molecule has 1 spiro atoms. The monoisotopic (exact) mass is 452 g/mol. The molecule has 4 nitrogen and oxygen atoms in total. The van der Waals surface area contributed by atoms with E-state index in [9.17, 15) is 4.79 Å². The van der Waals surface area contributed by atoms with Gasteiger partial charge in [-0.25, -0.2) is 9.80 Å². The minimum Gasteiger partial charge on any atom is -0.443 e. The Kier molecular flexibility index (Phi) is 6.50. The molecule has 0 N–H and O–H groups in total. The molecule has 1 fully saturated rings. The van der Waals surface area contributed by atoms with Gasteiger partial charge in [0.15, 0.2) is 0 Å². The first-order chi connectivity index (χ1) is 16.6. The summed E-state index contributed by atoms with van der Waals surface area (Å²) in [6.45, 7) is 3.00. The number of amides is 1.